The molecule has 0 saturated heterocycles. The first-order chi connectivity index (χ1) is 17.3. The number of benzene rings is 4. The Labute approximate surface area is 213 Å². The Bertz CT molecular complexity index is 1450. The van der Waals surface area contributed by atoms with E-state index in [1.165, 1.54) is 4.31 Å². The van der Waals surface area contributed by atoms with Crippen molar-refractivity contribution in [2.75, 3.05) is 10.8 Å². The van der Waals surface area contributed by atoms with Crippen LogP contribution in [0.5, 0.6) is 0 Å². The minimum absolute atomic E-state index is 0.135. The van der Waals surface area contributed by atoms with Gasteiger partial charge in [0.15, 0.2) is 0 Å². The molecule has 0 spiro atoms. The van der Waals surface area contributed by atoms with Crippen molar-refractivity contribution in [2.45, 2.75) is 31.7 Å². The molecule has 4 rings (SSSR count). The van der Waals surface area contributed by atoms with Gasteiger partial charge >= 0.3 is 0 Å². The number of anilines is 1. The van der Waals surface area contributed by atoms with E-state index in [4.69, 9.17) is 0 Å². The standard InChI is InChI=1S/C30H30N2O3S/c1-22-18-19-28(24(3)20-22)32(36(34,35)26-15-8-5-9-16-26)21-29(33)31-30(25-13-6-4-7-14-25)27-17-11-10-12-23(27)2/h4-20,30H,21H2,1-3H3,(H,31,33)/t30-/m1/s1. The minimum atomic E-state index is -3.99. The van der Waals surface area contributed by atoms with Crippen LogP contribution < -0.4 is 9.62 Å². The largest absolute Gasteiger partial charge is 0.344 e. The van der Waals surface area contributed by atoms with E-state index < -0.39 is 22.0 Å². The third-order valence-electron chi connectivity index (χ3n) is 6.18. The van der Waals surface area contributed by atoms with Crippen LogP contribution in [0.25, 0.3) is 0 Å². The second kappa shape index (κ2) is 10.8. The molecule has 1 atom stereocenters. The fraction of sp³-hybridized carbons (Fsp3) is 0.167. The first-order valence-corrected chi connectivity index (χ1v) is 13.3. The fourth-order valence-corrected chi connectivity index (χ4v) is 5.84. The van der Waals surface area contributed by atoms with Crippen LogP contribution in [0.15, 0.2) is 108 Å². The van der Waals surface area contributed by atoms with Crippen LogP contribution in [0.3, 0.4) is 0 Å². The number of hydrogen-bond acceptors (Lipinski definition) is 3. The number of hydrogen-bond donors (Lipinski definition) is 1. The van der Waals surface area contributed by atoms with Gasteiger partial charge in [0.2, 0.25) is 5.91 Å². The number of nitrogens with one attached hydrogen (secondary N) is 1. The van der Waals surface area contributed by atoms with Crippen molar-refractivity contribution in [3.05, 3.63) is 131 Å². The molecule has 6 heteroatoms. The summed E-state index contributed by atoms with van der Waals surface area (Å²) < 4.78 is 28.7. The van der Waals surface area contributed by atoms with Gasteiger partial charge in [-0.3, -0.25) is 9.10 Å². The lowest BCUT2D eigenvalue weighted by molar-refractivity contribution is -0.120. The minimum Gasteiger partial charge on any atom is -0.344 e. The topological polar surface area (TPSA) is 66.5 Å². The number of carbonyl (C=O) groups is 1. The van der Waals surface area contributed by atoms with Crippen LogP contribution in [0, 0.1) is 20.8 Å². The molecule has 5 nitrogen and oxygen atoms in total. The number of rotatable bonds is 8. The first-order valence-electron chi connectivity index (χ1n) is 11.8. The summed E-state index contributed by atoms with van der Waals surface area (Å²) in [5, 5.41) is 3.10. The molecule has 36 heavy (non-hydrogen) atoms. The van der Waals surface area contributed by atoms with Crippen LogP contribution in [0.4, 0.5) is 5.69 Å². The Kier molecular flexibility index (Phi) is 7.55. The summed E-state index contributed by atoms with van der Waals surface area (Å²) >= 11 is 0. The average molecular weight is 499 g/mol. The maximum absolute atomic E-state index is 13.7. The van der Waals surface area contributed by atoms with Crippen molar-refractivity contribution in [1.29, 1.82) is 0 Å². The zero-order valence-corrected chi connectivity index (χ0v) is 21.5. The zero-order valence-electron chi connectivity index (χ0n) is 20.7. The number of amides is 1. The smallest absolute Gasteiger partial charge is 0.264 e. The van der Waals surface area contributed by atoms with Gasteiger partial charge in [-0.1, -0.05) is 90.5 Å². The summed E-state index contributed by atoms with van der Waals surface area (Å²) in [6, 6.07) is 30.9. The third kappa shape index (κ3) is 5.50. The van der Waals surface area contributed by atoms with Crippen molar-refractivity contribution in [2.24, 2.45) is 0 Å². The van der Waals surface area contributed by atoms with Gasteiger partial charge in [0.1, 0.15) is 6.54 Å². The summed E-state index contributed by atoms with van der Waals surface area (Å²) in [5.41, 5.74) is 5.19. The van der Waals surface area contributed by atoms with E-state index in [1.54, 1.807) is 36.4 Å². The van der Waals surface area contributed by atoms with Crippen molar-refractivity contribution < 1.29 is 13.2 Å². The Morgan fingerprint density at radius 3 is 2.03 bits per heavy atom. The summed E-state index contributed by atoms with van der Waals surface area (Å²) in [6.07, 6.45) is 0. The molecule has 184 valence electrons. The van der Waals surface area contributed by atoms with E-state index in [-0.39, 0.29) is 11.4 Å². The number of carbonyl (C=O) groups excluding carboxylic acids is 1. The second-order valence-corrected chi connectivity index (χ2v) is 10.7. The molecule has 0 aliphatic heterocycles. The molecular formula is C30H30N2O3S. The van der Waals surface area contributed by atoms with Crippen molar-refractivity contribution in [1.82, 2.24) is 5.32 Å². The van der Waals surface area contributed by atoms with Gasteiger partial charge in [-0.15, -0.1) is 0 Å². The molecule has 0 bridgehead atoms. The highest BCUT2D eigenvalue weighted by molar-refractivity contribution is 7.92. The molecule has 1 amide bonds. The molecule has 4 aromatic carbocycles. The van der Waals surface area contributed by atoms with Crippen LogP contribution in [-0.4, -0.2) is 20.9 Å². The van der Waals surface area contributed by atoms with Gasteiger partial charge < -0.3 is 5.32 Å². The van der Waals surface area contributed by atoms with E-state index in [2.05, 4.69) is 5.32 Å². The van der Waals surface area contributed by atoms with Gasteiger partial charge in [-0.25, -0.2) is 8.42 Å². The second-order valence-electron chi connectivity index (χ2n) is 8.88. The Hall–Kier alpha value is -3.90. The molecule has 0 aliphatic rings. The van der Waals surface area contributed by atoms with Crippen molar-refractivity contribution in [3.8, 4) is 0 Å². The number of aryl methyl sites for hydroxylation is 3. The predicted molar refractivity (Wildman–Crippen MR) is 144 cm³/mol. The SMILES string of the molecule is Cc1ccc(N(CC(=O)N[C@H](c2ccccc2)c2ccccc2C)S(=O)(=O)c2ccccc2)c(C)c1. The Balaban J connectivity index is 1.72. The number of nitrogens with zero attached hydrogens (tertiary/aromatic N) is 1. The molecule has 4 aromatic rings. The molecule has 1 N–H and O–H groups in total. The highest BCUT2D eigenvalue weighted by atomic mass is 32.2. The summed E-state index contributed by atoms with van der Waals surface area (Å²) in [7, 11) is -3.99. The van der Waals surface area contributed by atoms with Gasteiger partial charge in [-0.05, 0) is 61.2 Å². The number of sulfonamides is 1. The van der Waals surface area contributed by atoms with Gasteiger partial charge in [-0.2, -0.15) is 0 Å². The van der Waals surface area contributed by atoms with Crippen LogP contribution in [0.1, 0.15) is 33.9 Å². The predicted octanol–water partition coefficient (Wildman–Crippen LogP) is 5.71. The average Bonchev–Trinajstić information content (AvgIpc) is 2.88. The molecule has 0 heterocycles. The highest BCUT2D eigenvalue weighted by Gasteiger charge is 2.29. The van der Waals surface area contributed by atoms with E-state index in [0.29, 0.717) is 5.69 Å². The Morgan fingerprint density at radius 2 is 1.39 bits per heavy atom. The van der Waals surface area contributed by atoms with E-state index >= 15 is 0 Å². The quantitative estimate of drug-likeness (QED) is 0.338. The van der Waals surface area contributed by atoms with E-state index in [0.717, 1.165) is 27.8 Å². The molecule has 0 aromatic heterocycles. The maximum Gasteiger partial charge on any atom is 0.264 e. The van der Waals surface area contributed by atoms with Crippen LogP contribution in [-0.2, 0) is 14.8 Å². The fourth-order valence-electron chi connectivity index (χ4n) is 4.34. The summed E-state index contributed by atoms with van der Waals surface area (Å²) in [5.74, 6) is -0.397. The summed E-state index contributed by atoms with van der Waals surface area (Å²) in [6.45, 7) is 5.45. The molecular weight excluding hydrogens is 468 g/mol. The third-order valence-corrected chi connectivity index (χ3v) is 7.95. The van der Waals surface area contributed by atoms with Crippen molar-refractivity contribution in [3.63, 3.8) is 0 Å². The summed E-state index contributed by atoms with van der Waals surface area (Å²) in [4.78, 5) is 13.7. The molecule has 0 fully saturated rings. The van der Waals surface area contributed by atoms with Gasteiger partial charge in [0, 0.05) is 0 Å². The monoisotopic (exact) mass is 498 g/mol. The van der Waals surface area contributed by atoms with E-state index in [1.807, 2.05) is 87.5 Å². The maximum atomic E-state index is 13.7. The first kappa shape index (κ1) is 25.2. The molecule has 0 aliphatic carbocycles. The molecule has 0 radical (unpaired) electrons. The zero-order chi connectivity index (χ0) is 25.7. The van der Waals surface area contributed by atoms with E-state index in [9.17, 15) is 13.2 Å². The molecule has 0 unspecified atom stereocenters. The van der Waals surface area contributed by atoms with Crippen LogP contribution >= 0.6 is 0 Å². The van der Waals surface area contributed by atoms with Gasteiger partial charge in [0.05, 0.1) is 16.6 Å². The lowest BCUT2D eigenvalue weighted by atomic mass is 9.95. The van der Waals surface area contributed by atoms with Crippen molar-refractivity contribution >= 4 is 21.6 Å². The lowest BCUT2D eigenvalue weighted by Crippen LogP contribution is -2.42. The lowest BCUT2D eigenvalue weighted by Gasteiger charge is -2.28. The van der Waals surface area contributed by atoms with Gasteiger partial charge in [0.25, 0.3) is 10.0 Å². The Morgan fingerprint density at radius 1 is 0.778 bits per heavy atom. The normalized spacial score (nSPS) is 12.1. The van der Waals surface area contributed by atoms with Crippen LogP contribution in [0.2, 0.25) is 0 Å². The highest BCUT2D eigenvalue weighted by Crippen LogP contribution is 2.29. The molecule has 0 saturated carbocycles.